The summed E-state index contributed by atoms with van der Waals surface area (Å²) in [5, 5.41) is 14.8. The number of rotatable bonds is 2. The van der Waals surface area contributed by atoms with Crippen LogP contribution in [-0.4, -0.2) is 25.7 Å². The summed E-state index contributed by atoms with van der Waals surface area (Å²) >= 11 is 0. The molecule has 0 aliphatic rings. The average Bonchev–Trinajstić information content (AvgIpc) is 2.60. The summed E-state index contributed by atoms with van der Waals surface area (Å²) in [5.74, 6) is -1.28. The van der Waals surface area contributed by atoms with Gasteiger partial charge in [0.05, 0.1) is 35.4 Å². The van der Waals surface area contributed by atoms with E-state index in [1.54, 1.807) is 13.1 Å². The molecule has 2 heterocycles. The SMILES string of the molecule is Cc1cncc(-c2cnn(C)c2C(=O)[O-])n1.[Na+]. The molecule has 0 atom stereocenters. The molecule has 0 spiro atoms. The molecule has 7 heteroatoms. The summed E-state index contributed by atoms with van der Waals surface area (Å²) in [5.41, 5.74) is 1.61. The Morgan fingerprint density at radius 2 is 2.06 bits per heavy atom. The van der Waals surface area contributed by atoms with Crippen molar-refractivity contribution in [3.05, 3.63) is 30.0 Å². The van der Waals surface area contributed by atoms with Crippen LogP contribution in [0.4, 0.5) is 0 Å². The molecule has 0 fully saturated rings. The first-order valence-corrected chi connectivity index (χ1v) is 4.62. The maximum atomic E-state index is 10.9. The van der Waals surface area contributed by atoms with Crippen LogP contribution in [0.15, 0.2) is 18.6 Å². The van der Waals surface area contributed by atoms with E-state index in [0.29, 0.717) is 17.0 Å². The van der Waals surface area contributed by atoms with Crippen molar-refractivity contribution in [3.8, 4) is 11.3 Å². The van der Waals surface area contributed by atoms with Crippen LogP contribution >= 0.6 is 0 Å². The molecule has 0 saturated heterocycles. The number of aromatic nitrogens is 4. The van der Waals surface area contributed by atoms with Crippen LogP contribution in [0.3, 0.4) is 0 Å². The number of carbonyl (C=O) groups is 1. The molecular weight excluding hydrogens is 231 g/mol. The van der Waals surface area contributed by atoms with Crippen molar-refractivity contribution in [1.29, 1.82) is 0 Å². The van der Waals surface area contributed by atoms with Crippen LogP contribution in [0.5, 0.6) is 0 Å². The predicted molar refractivity (Wildman–Crippen MR) is 53.3 cm³/mol. The molecule has 0 aliphatic heterocycles. The van der Waals surface area contributed by atoms with Crippen LogP contribution in [0.1, 0.15) is 16.2 Å². The van der Waals surface area contributed by atoms with Gasteiger partial charge in [0.15, 0.2) is 0 Å². The van der Waals surface area contributed by atoms with Crippen LogP contribution in [0, 0.1) is 6.92 Å². The first kappa shape index (κ1) is 13.8. The summed E-state index contributed by atoms with van der Waals surface area (Å²) in [6.45, 7) is 1.78. The minimum atomic E-state index is -1.28. The van der Waals surface area contributed by atoms with Crippen molar-refractivity contribution in [1.82, 2.24) is 19.7 Å². The smallest absolute Gasteiger partial charge is 0.543 e. The van der Waals surface area contributed by atoms with E-state index in [0.717, 1.165) is 0 Å². The fourth-order valence-corrected chi connectivity index (χ4v) is 1.46. The second-order valence-corrected chi connectivity index (χ2v) is 3.36. The van der Waals surface area contributed by atoms with E-state index in [9.17, 15) is 9.90 Å². The quantitative estimate of drug-likeness (QED) is 0.510. The third kappa shape index (κ3) is 2.71. The number of aryl methyl sites for hydroxylation is 2. The Morgan fingerprint density at radius 1 is 1.35 bits per heavy atom. The normalized spacial score (nSPS) is 9.76. The van der Waals surface area contributed by atoms with E-state index in [4.69, 9.17) is 0 Å². The first-order valence-electron chi connectivity index (χ1n) is 4.62. The number of hydrogen-bond acceptors (Lipinski definition) is 5. The van der Waals surface area contributed by atoms with Crippen LogP contribution in [0.2, 0.25) is 0 Å². The molecule has 17 heavy (non-hydrogen) atoms. The van der Waals surface area contributed by atoms with E-state index in [1.165, 1.54) is 24.1 Å². The monoisotopic (exact) mass is 240 g/mol. The van der Waals surface area contributed by atoms with E-state index < -0.39 is 5.97 Å². The molecule has 2 rings (SSSR count). The van der Waals surface area contributed by atoms with Gasteiger partial charge in [0.2, 0.25) is 0 Å². The van der Waals surface area contributed by atoms with Crippen molar-refractivity contribution in [2.45, 2.75) is 6.92 Å². The molecule has 6 nitrogen and oxygen atoms in total. The van der Waals surface area contributed by atoms with Gasteiger partial charge in [-0.1, -0.05) is 0 Å². The van der Waals surface area contributed by atoms with Gasteiger partial charge in [0.1, 0.15) is 0 Å². The van der Waals surface area contributed by atoms with Gasteiger partial charge in [0, 0.05) is 18.8 Å². The van der Waals surface area contributed by atoms with Crippen molar-refractivity contribution in [3.63, 3.8) is 0 Å². The fraction of sp³-hybridized carbons (Fsp3) is 0.200. The second-order valence-electron chi connectivity index (χ2n) is 3.36. The number of carboxylic acids is 1. The Morgan fingerprint density at radius 3 is 2.65 bits per heavy atom. The molecule has 0 aromatic carbocycles. The number of carboxylic acid groups (broad SMARTS) is 1. The van der Waals surface area contributed by atoms with Gasteiger partial charge in [-0.25, -0.2) is 4.98 Å². The Kier molecular flexibility index (Phi) is 4.39. The fourth-order valence-electron chi connectivity index (χ4n) is 1.46. The zero-order chi connectivity index (χ0) is 11.7. The molecule has 0 radical (unpaired) electrons. The number of nitrogens with zero attached hydrogens (tertiary/aromatic N) is 4. The van der Waals surface area contributed by atoms with E-state index in [1.807, 2.05) is 0 Å². The van der Waals surface area contributed by atoms with Gasteiger partial charge in [-0.3, -0.25) is 9.67 Å². The molecule has 0 unspecified atom stereocenters. The van der Waals surface area contributed by atoms with Crippen LogP contribution < -0.4 is 34.7 Å². The van der Waals surface area contributed by atoms with Gasteiger partial charge < -0.3 is 9.90 Å². The Labute approximate surface area is 120 Å². The predicted octanol–water partition coefficient (Wildman–Crippen LogP) is -3.45. The average molecular weight is 240 g/mol. The van der Waals surface area contributed by atoms with E-state index >= 15 is 0 Å². The maximum absolute atomic E-state index is 10.9. The molecule has 0 aliphatic carbocycles. The van der Waals surface area contributed by atoms with Crippen LogP contribution in [0.25, 0.3) is 11.3 Å². The standard InChI is InChI=1S/C10H10N4O2.Na/c1-6-3-11-5-8(13-6)7-4-12-14(2)9(7)10(15)16;/h3-5H,1-2H3,(H,15,16);/q;+1/p-1. The van der Waals surface area contributed by atoms with Gasteiger partial charge in [-0.05, 0) is 6.92 Å². The molecule has 0 amide bonds. The van der Waals surface area contributed by atoms with E-state index in [-0.39, 0.29) is 35.3 Å². The van der Waals surface area contributed by atoms with Gasteiger partial charge in [0.25, 0.3) is 0 Å². The maximum Gasteiger partial charge on any atom is 1.00 e. The second kappa shape index (κ2) is 5.39. The number of carbonyl (C=O) groups excluding carboxylic acids is 1. The molecule has 0 bridgehead atoms. The molecule has 82 valence electrons. The van der Waals surface area contributed by atoms with Gasteiger partial charge in [-0.15, -0.1) is 0 Å². The summed E-state index contributed by atoms with van der Waals surface area (Å²) in [4.78, 5) is 19.1. The molecule has 2 aromatic rings. The van der Waals surface area contributed by atoms with Gasteiger partial charge in [-0.2, -0.15) is 5.10 Å². The molecule has 0 N–H and O–H groups in total. The number of hydrogen-bond donors (Lipinski definition) is 0. The third-order valence-electron chi connectivity index (χ3n) is 2.16. The van der Waals surface area contributed by atoms with Crippen molar-refractivity contribution in [2.75, 3.05) is 0 Å². The largest absolute Gasteiger partial charge is 1.00 e. The number of aromatic carboxylic acids is 1. The zero-order valence-corrected chi connectivity index (χ0v) is 11.8. The van der Waals surface area contributed by atoms with Crippen molar-refractivity contribution < 1.29 is 39.5 Å². The van der Waals surface area contributed by atoms with Crippen molar-refractivity contribution in [2.24, 2.45) is 7.05 Å². The first-order chi connectivity index (χ1) is 7.59. The molecule has 0 saturated carbocycles. The minimum Gasteiger partial charge on any atom is -0.543 e. The molecular formula is C10H9N4NaO2. The topological polar surface area (TPSA) is 83.7 Å². The third-order valence-corrected chi connectivity index (χ3v) is 2.16. The summed E-state index contributed by atoms with van der Waals surface area (Å²) in [7, 11) is 1.54. The molecule has 2 aromatic heterocycles. The van der Waals surface area contributed by atoms with Crippen LogP contribution in [-0.2, 0) is 7.05 Å². The van der Waals surface area contributed by atoms with E-state index in [2.05, 4.69) is 15.1 Å². The Balaban J connectivity index is 0.00000144. The minimum absolute atomic E-state index is 0. The zero-order valence-electron chi connectivity index (χ0n) is 9.84. The summed E-state index contributed by atoms with van der Waals surface area (Å²) in [6.07, 6.45) is 4.53. The Hall–Kier alpha value is -1.24. The summed E-state index contributed by atoms with van der Waals surface area (Å²) < 4.78 is 1.24. The Bertz CT molecular complexity index is 553. The van der Waals surface area contributed by atoms with Crippen molar-refractivity contribution >= 4 is 5.97 Å². The summed E-state index contributed by atoms with van der Waals surface area (Å²) in [6, 6.07) is 0. The van der Waals surface area contributed by atoms with Gasteiger partial charge >= 0.3 is 29.6 Å².